The summed E-state index contributed by atoms with van der Waals surface area (Å²) in [4.78, 5) is 13.5. The van der Waals surface area contributed by atoms with Crippen LogP contribution >= 0.6 is 23.1 Å². The van der Waals surface area contributed by atoms with Gasteiger partial charge in [-0.25, -0.2) is 0 Å². The molecule has 1 N–H and O–H groups in total. The van der Waals surface area contributed by atoms with E-state index in [1.165, 1.54) is 47.7 Å². The Morgan fingerprint density at radius 3 is 2.86 bits per heavy atom. The van der Waals surface area contributed by atoms with Crippen LogP contribution in [-0.2, 0) is 24.7 Å². The van der Waals surface area contributed by atoms with Crippen LogP contribution in [0.2, 0.25) is 0 Å². The summed E-state index contributed by atoms with van der Waals surface area (Å²) in [5.41, 5.74) is 4.09. The van der Waals surface area contributed by atoms with E-state index in [1.807, 2.05) is 36.1 Å². The standard InChI is InChI=1S/C21H24N4OS2/c1-14(16-10-9-15-6-3-4-7-17(15)12-16)22-19(26)13-28-21-24-23-20(25(21)2)18-8-5-11-27-18/h5,8-12,14H,3-4,6-7,13H2,1-2H3,(H,22,26). The summed E-state index contributed by atoms with van der Waals surface area (Å²) < 4.78 is 1.94. The Kier molecular flexibility index (Phi) is 5.82. The maximum Gasteiger partial charge on any atom is 0.230 e. The normalized spacial score (nSPS) is 14.5. The van der Waals surface area contributed by atoms with Gasteiger partial charge in [-0.05, 0) is 60.7 Å². The van der Waals surface area contributed by atoms with Crippen LogP contribution < -0.4 is 5.32 Å². The van der Waals surface area contributed by atoms with Crippen molar-refractivity contribution in [2.24, 2.45) is 7.05 Å². The Bertz CT molecular complexity index is 965. The van der Waals surface area contributed by atoms with Gasteiger partial charge in [0.1, 0.15) is 0 Å². The molecule has 4 rings (SSSR count). The number of nitrogens with one attached hydrogen (secondary N) is 1. The van der Waals surface area contributed by atoms with Crippen LogP contribution in [0.15, 0.2) is 40.9 Å². The molecule has 1 aliphatic carbocycles. The van der Waals surface area contributed by atoms with Crippen LogP contribution in [0, 0.1) is 0 Å². The van der Waals surface area contributed by atoms with E-state index in [-0.39, 0.29) is 11.9 Å². The van der Waals surface area contributed by atoms with Gasteiger partial charge in [0, 0.05) is 7.05 Å². The summed E-state index contributed by atoms with van der Waals surface area (Å²) >= 11 is 3.05. The van der Waals surface area contributed by atoms with Crippen LogP contribution in [-0.4, -0.2) is 26.4 Å². The molecule has 1 aliphatic rings. The fourth-order valence-corrected chi connectivity index (χ4v) is 5.05. The quantitative estimate of drug-likeness (QED) is 0.610. The van der Waals surface area contributed by atoms with Crippen molar-refractivity contribution >= 4 is 29.0 Å². The van der Waals surface area contributed by atoms with Crippen molar-refractivity contribution in [1.82, 2.24) is 20.1 Å². The number of fused-ring (bicyclic) bond motifs is 1. The molecule has 2 heterocycles. The van der Waals surface area contributed by atoms with E-state index in [2.05, 4.69) is 33.7 Å². The van der Waals surface area contributed by atoms with Crippen LogP contribution in [0.5, 0.6) is 0 Å². The minimum Gasteiger partial charge on any atom is -0.349 e. The third-order valence-electron chi connectivity index (χ3n) is 5.16. The average Bonchev–Trinajstić information content (AvgIpc) is 3.35. The second-order valence-corrected chi connectivity index (χ2v) is 9.05. The molecule has 3 aromatic rings. The average molecular weight is 413 g/mol. The van der Waals surface area contributed by atoms with E-state index in [1.54, 1.807) is 11.3 Å². The van der Waals surface area contributed by atoms with Gasteiger partial charge in [-0.2, -0.15) is 0 Å². The number of thioether (sulfide) groups is 1. The molecule has 1 aromatic carbocycles. The number of benzene rings is 1. The SMILES string of the molecule is CC(NC(=O)CSc1nnc(-c2cccs2)n1C)c1ccc2c(c1)CCCC2. The van der Waals surface area contributed by atoms with Gasteiger partial charge in [-0.15, -0.1) is 21.5 Å². The lowest BCUT2D eigenvalue weighted by Gasteiger charge is -2.20. The Balaban J connectivity index is 1.35. The molecule has 1 amide bonds. The Hall–Kier alpha value is -2.12. The predicted molar refractivity (Wildman–Crippen MR) is 115 cm³/mol. The molecule has 0 radical (unpaired) electrons. The monoisotopic (exact) mass is 412 g/mol. The van der Waals surface area contributed by atoms with Crippen molar-refractivity contribution in [3.8, 4) is 10.7 Å². The number of carbonyl (C=O) groups is 1. The van der Waals surface area contributed by atoms with Gasteiger partial charge in [0.25, 0.3) is 0 Å². The number of carbonyl (C=O) groups excluding carboxylic acids is 1. The van der Waals surface area contributed by atoms with E-state index >= 15 is 0 Å². The highest BCUT2D eigenvalue weighted by atomic mass is 32.2. The number of hydrogen-bond donors (Lipinski definition) is 1. The molecule has 0 bridgehead atoms. The summed E-state index contributed by atoms with van der Waals surface area (Å²) in [7, 11) is 1.94. The Morgan fingerprint density at radius 1 is 1.25 bits per heavy atom. The first-order chi connectivity index (χ1) is 13.6. The molecule has 1 atom stereocenters. The molecule has 0 aliphatic heterocycles. The van der Waals surface area contributed by atoms with Gasteiger partial charge in [0.2, 0.25) is 5.91 Å². The summed E-state index contributed by atoms with van der Waals surface area (Å²) in [6.07, 6.45) is 4.88. The highest BCUT2D eigenvalue weighted by Crippen LogP contribution is 2.27. The van der Waals surface area contributed by atoms with E-state index in [0.29, 0.717) is 5.75 Å². The van der Waals surface area contributed by atoms with E-state index in [9.17, 15) is 4.79 Å². The first-order valence-corrected chi connectivity index (χ1v) is 11.5. The number of aryl methyl sites for hydroxylation is 2. The first kappa shape index (κ1) is 19.2. The molecule has 146 valence electrons. The van der Waals surface area contributed by atoms with E-state index in [0.717, 1.165) is 22.3 Å². The number of thiophene rings is 1. The summed E-state index contributed by atoms with van der Waals surface area (Å²) in [5.74, 6) is 1.17. The second-order valence-electron chi connectivity index (χ2n) is 7.16. The topological polar surface area (TPSA) is 59.8 Å². The number of amides is 1. The molecule has 1 unspecified atom stereocenters. The maximum atomic E-state index is 12.4. The largest absolute Gasteiger partial charge is 0.349 e. The third kappa shape index (κ3) is 4.15. The molecule has 5 nitrogen and oxygen atoms in total. The fraction of sp³-hybridized carbons (Fsp3) is 0.381. The summed E-state index contributed by atoms with van der Waals surface area (Å²) in [6.45, 7) is 2.05. The minimum atomic E-state index is 0.00139. The van der Waals surface area contributed by atoms with Gasteiger partial charge < -0.3 is 9.88 Å². The zero-order valence-electron chi connectivity index (χ0n) is 16.1. The van der Waals surface area contributed by atoms with Crippen LogP contribution in [0.25, 0.3) is 10.7 Å². The van der Waals surface area contributed by atoms with Crippen molar-refractivity contribution in [3.63, 3.8) is 0 Å². The van der Waals surface area contributed by atoms with Crippen molar-refractivity contribution < 1.29 is 4.79 Å². The number of aromatic nitrogens is 3. The van der Waals surface area contributed by atoms with Crippen LogP contribution in [0.1, 0.15) is 42.5 Å². The van der Waals surface area contributed by atoms with E-state index < -0.39 is 0 Å². The second kappa shape index (κ2) is 8.49. The van der Waals surface area contributed by atoms with Gasteiger partial charge in [0.05, 0.1) is 16.7 Å². The molecule has 0 spiro atoms. The van der Waals surface area contributed by atoms with E-state index in [4.69, 9.17) is 0 Å². The molecule has 0 fully saturated rings. The van der Waals surface area contributed by atoms with Crippen molar-refractivity contribution in [1.29, 1.82) is 0 Å². The molecule has 28 heavy (non-hydrogen) atoms. The maximum absolute atomic E-state index is 12.4. The smallest absolute Gasteiger partial charge is 0.230 e. The first-order valence-electron chi connectivity index (χ1n) is 9.59. The Morgan fingerprint density at radius 2 is 2.07 bits per heavy atom. The van der Waals surface area contributed by atoms with Crippen molar-refractivity contribution in [2.75, 3.05) is 5.75 Å². The minimum absolute atomic E-state index is 0.00139. The molecule has 7 heteroatoms. The number of nitrogens with zero attached hydrogens (tertiary/aromatic N) is 3. The van der Waals surface area contributed by atoms with Gasteiger partial charge in [0.15, 0.2) is 11.0 Å². The highest BCUT2D eigenvalue weighted by Gasteiger charge is 2.16. The van der Waals surface area contributed by atoms with Crippen molar-refractivity contribution in [3.05, 3.63) is 52.4 Å². The number of hydrogen-bond acceptors (Lipinski definition) is 5. The fourth-order valence-electron chi connectivity index (χ4n) is 3.58. The highest BCUT2D eigenvalue weighted by molar-refractivity contribution is 7.99. The lowest BCUT2D eigenvalue weighted by Crippen LogP contribution is -2.28. The third-order valence-corrected chi connectivity index (χ3v) is 7.04. The summed E-state index contributed by atoms with van der Waals surface area (Å²) in [5, 5.41) is 14.4. The predicted octanol–water partition coefficient (Wildman–Crippen LogP) is 4.39. The Labute approximate surface area is 173 Å². The van der Waals surface area contributed by atoms with Crippen LogP contribution in [0.3, 0.4) is 0 Å². The lowest BCUT2D eigenvalue weighted by molar-refractivity contribution is -0.119. The zero-order valence-corrected chi connectivity index (χ0v) is 17.8. The zero-order chi connectivity index (χ0) is 19.5. The van der Waals surface area contributed by atoms with Gasteiger partial charge in [-0.1, -0.05) is 36.0 Å². The molecule has 0 saturated heterocycles. The number of rotatable bonds is 6. The molecular formula is C21H24N4OS2. The molecule has 0 saturated carbocycles. The van der Waals surface area contributed by atoms with Crippen molar-refractivity contribution in [2.45, 2.75) is 43.8 Å². The summed E-state index contributed by atoms with van der Waals surface area (Å²) in [6, 6.07) is 10.7. The van der Waals surface area contributed by atoms with Gasteiger partial charge in [-0.3, -0.25) is 4.79 Å². The van der Waals surface area contributed by atoms with Gasteiger partial charge >= 0.3 is 0 Å². The molecule has 2 aromatic heterocycles. The molecular weight excluding hydrogens is 388 g/mol. The van der Waals surface area contributed by atoms with Crippen LogP contribution in [0.4, 0.5) is 0 Å². The lowest BCUT2D eigenvalue weighted by atomic mass is 9.89.